The highest BCUT2D eigenvalue weighted by molar-refractivity contribution is 9.10. The van der Waals surface area contributed by atoms with Crippen molar-refractivity contribution in [2.75, 3.05) is 13.1 Å². The molecular weight excluding hydrogens is 244 g/mol. The van der Waals surface area contributed by atoms with Gasteiger partial charge in [0.05, 0.1) is 18.4 Å². The van der Waals surface area contributed by atoms with Crippen molar-refractivity contribution in [2.24, 2.45) is 0 Å². The van der Waals surface area contributed by atoms with E-state index in [1.807, 2.05) is 12.1 Å². The Bertz CT molecular complexity index is 300. The van der Waals surface area contributed by atoms with Gasteiger partial charge >= 0.3 is 0 Å². The lowest BCUT2D eigenvalue weighted by molar-refractivity contribution is 0.0519. The molecule has 1 aliphatic heterocycles. The fourth-order valence-corrected chi connectivity index (χ4v) is 1.86. The summed E-state index contributed by atoms with van der Waals surface area (Å²) in [7, 11) is 0. The standard InChI is InChI=1S/C10H13BrN2O/c11-9-2-1-4-13-10(9)7-14-8-3-5-12-6-8/h1-2,4,8,12H,3,5-7H2. The van der Waals surface area contributed by atoms with Crippen LogP contribution in [0.3, 0.4) is 0 Å². The van der Waals surface area contributed by atoms with Crippen molar-refractivity contribution in [3.05, 3.63) is 28.5 Å². The number of hydrogen-bond donors (Lipinski definition) is 1. The Kier molecular flexibility index (Phi) is 3.50. The number of nitrogens with one attached hydrogen (secondary N) is 1. The van der Waals surface area contributed by atoms with E-state index in [0.29, 0.717) is 12.7 Å². The van der Waals surface area contributed by atoms with Crippen LogP contribution in [0.25, 0.3) is 0 Å². The summed E-state index contributed by atoms with van der Waals surface area (Å²) < 4.78 is 6.73. The molecular formula is C10H13BrN2O. The normalized spacial score (nSPS) is 21.4. The maximum absolute atomic E-state index is 5.71. The molecule has 1 aromatic heterocycles. The van der Waals surface area contributed by atoms with Crippen LogP contribution < -0.4 is 5.32 Å². The molecule has 0 bridgehead atoms. The summed E-state index contributed by atoms with van der Waals surface area (Å²) in [6.07, 6.45) is 3.24. The second-order valence-electron chi connectivity index (χ2n) is 3.36. The van der Waals surface area contributed by atoms with Gasteiger partial charge in [0, 0.05) is 17.2 Å². The van der Waals surface area contributed by atoms with Crippen molar-refractivity contribution >= 4 is 15.9 Å². The predicted octanol–water partition coefficient (Wildman–Crippen LogP) is 1.72. The monoisotopic (exact) mass is 256 g/mol. The van der Waals surface area contributed by atoms with Gasteiger partial charge in [0.25, 0.3) is 0 Å². The molecule has 0 spiro atoms. The molecule has 14 heavy (non-hydrogen) atoms. The van der Waals surface area contributed by atoms with E-state index < -0.39 is 0 Å². The molecule has 4 heteroatoms. The first-order valence-electron chi connectivity index (χ1n) is 4.78. The van der Waals surface area contributed by atoms with E-state index in [-0.39, 0.29) is 0 Å². The van der Waals surface area contributed by atoms with Crippen LogP contribution in [0.15, 0.2) is 22.8 Å². The van der Waals surface area contributed by atoms with Crippen LogP contribution >= 0.6 is 15.9 Å². The van der Waals surface area contributed by atoms with Crippen LogP contribution in [0, 0.1) is 0 Å². The van der Waals surface area contributed by atoms with Crippen LogP contribution in [-0.2, 0) is 11.3 Å². The highest BCUT2D eigenvalue weighted by Crippen LogP contribution is 2.15. The summed E-state index contributed by atoms with van der Waals surface area (Å²) >= 11 is 3.45. The van der Waals surface area contributed by atoms with Crippen molar-refractivity contribution in [1.82, 2.24) is 10.3 Å². The van der Waals surface area contributed by atoms with Gasteiger partial charge in [-0.05, 0) is 41.0 Å². The Morgan fingerprint density at radius 3 is 3.29 bits per heavy atom. The summed E-state index contributed by atoms with van der Waals surface area (Å²) in [5.74, 6) is 0. The molecule has 2 rings (SSSR count). The number of ether oxygens (including phenoxy) is 1. The van der Waals surface area contributed by atoms with Crippen LogP contribution in [0.1, 0.15) is 12.1 Å². The molecule has 0 saturated carbocycles. The molecule has 0 aliphatic carbocycles. The molecule has 3 nitrogen and oxygen atoms in total. The van der Waals surface area contributed by atoms with Crippen molar-refractivity contribution in [1.29, 1.82) is 0 Å². The lowest BCUT2D eigenvalue weighted by Gasteiger charge is -2.10. The summed E-state index contributed by atoms with van der Waals surface area (Å²) in [4.78, 5) is 4.25. The topological polar surface area (TPSA) is 34.1 Å². The quantitative estimate of drug-likeness (QED) is 0.895. The molecule has 1 aromatic rings. The largest absolute Gasteiger partial charge is 0.371 e. The molecule has 0 radical (unpaired) electrons. The Hall–Kier alpha value is -0.450. The molecule has 1 unspecified atom stereocenters. The fraction of sp³-hybridized carbons (Fsp3) is 0.500. The third-order valence-corrected chi connectivity index (χ3v) is 3.03. The zero-order valence-electron chi connectivity index (χ0n) is 7.87. The van der Waals surface area contributed by atoms with Crippen LogP contribution in [-0.4, -0.2) is 24.2 Å². The third-order valence-electron chi connectivity index (χ3n) is 2.31. The maximum Gasteiger partial charge on any atom is 0.0903 e. The average Bonchev–Trinajstić information content (AvgIpc) is 2.69. The molecule has 1 saturated heterocycles. The Balaban J connectivity index is 1.88. The predicted molar refractivity (Wildman–Crippen MR) is 58.0 cm³/mol. The second kappa shape index (κ2) is 4.87. The van der Waals surface area contributed by atoms with E-state index in [4.69, 9.17) is 4.74 Å². The summed E-state index contributed by atoms with van der Waals surface area (Å²) in [6, 6.07) is 3.89. The minimum absolute atomic E-state index is 0.351. The minimum Gasteiger partial charge on any atom is -0.371 e. The first-order valence-corrected chi connectivity index (χ1v) is 5.57. The molecule has 1 N–H and O–H groups in total. The molecule has 0 aromatic carbocycles. The van der Waals surface area contributed by atoms with E-state index in [2.05, 4.69) is 26.2 Å². The van der Waals surface area contributed by atoms with Gasteiger partial charge in [0.1, 0.15) is 0 Å². The lowest BCUT2D eigenvalue weighted by Crippen LogP contribution is -2.16. The van der Waals surface area contributed by atoms with Gasteiger partial charge in [-0.3, -0.25) is 4.98 Å². The highest BCUT2D eigenvalue weighted by atomic mass is 79.9. The van der Waals surface area contributed by atoms with E-state index in [0.717, 1.165) is 29.7 Å². The van der Waals surface area contributed by atoms with E-state index in [1.54, 1.807) is 6.20 Å². The number of nitrogens with zero attached hydrogens (tertiary/aromatic N) is 1. The molecule has 2 heterocycles. The average molecular weight is 257 g/mol. The van der Waals surface area contributed by atoms with Gasteiger partial charge in [-0.2, -0.15) is 0 Å². The second-order valence-corrected chi connectivity index (χ2v) is 4.21. The van der Waals surface area contributed by atoms with Crippen LogP contribution in [0.2, 0.25) is 0 Å². The minimum atomic E-state index is 0.351. The summed E-state index contributed by atoms with van der Waals surface area (Å²) in [5, 5.41) is 3.27. The van der Waals surface area contributed by atoms with Crippen LogP contribution in [0.4, 0.5) is 0 Å². The smallest absolute Gasteiger partial charge is 0.0903 e. The van der Waals surface area contributed by atoms with E-state index in [9.17, 15) is 0 Å². The zero-order valence-corrected chi connectivity index (χ0v) is 9.46. The van der Waals surface area contributed by atoms with Gasteiger partial charge in [0.2, 0.25) is 0 Å². The number of aromatic nitrogens is 1. The SMILES string of the molecule is Brc1cccnc1COC1CCNC1. The van der Waals surface area contributed by atoms with Crippen molar-refractivity contribution in [3.8, 4) is 0 Å². The van der Waals surface area contributed by atoms with E-state index in [1.165, 1.54) is 0 Å². The molecule has 0 amide bonds. The zero-order chi connectivity index (χ0) is 9.80. The molecule has 1 aliphatic rings. The summed E-state index contributed by atoms with van der Waals surface area (Å²) in [6.45, 7) is 2.62. The van der Waals surface area contributed by atoms with Gasteiger partial charge in [-0.1, -0.05) is 0 Å². The Morgan fingerprint density at radius 1 is 1.64 bits per heavy atom. The number of rotatable bonds is 3. The van der Waals surface area contributed by atoms with Gasteiger partial charge < -0.3 is 10.1 Å². The Morgan fingerprint density at radius 2 is 2.57 bits per heavy atom. The molecule has 1 atom stereocenters. The number of hydrogen-bond acceptors (Lipinski definition) is 3. The van der Waals surface area contributed by atoms with Gasteiger partial charge in [-0.25, -0.2) is 0 Å². The number of halogens is 1. The van der Waals surface area contributed by atoms with Crippen molar-refractivity contribution in [2.45, 2.75) is 19.1 Å². The van der Waals surface area contributed by atoms with Crippen molar-refractivity contribution in [3.63, 3.8) is 0 Å². The Labute approximate surface area is 92.0 Å². The first kappa shape index (κ1) is 10.1. The molecule has 76 valence electrons. The highest BCUT2D eigenvalue weighted by Gasteiger charge is 2.15. The fourth-order valence-electron chi connectivity index (χ4n) is 1.49. The van der Waals surface area contributed by atoms with Crippen LogP contribution in [0.5, 0.6) is 0 Å². The maximum atomic E-state index is 5.71. The molecule has 1 fully saturated rings. The third kappa shape index (κ3) is 2.53. The summed E-state index contributed by atoms with van der Waals surface area (Å²) in [5.41, 5.74) is 0.972. The number of pyridine rings is 1. The van der Waals surface area contributed by atoms with E-state index >= 15 is 0 Å². The van der Waals surface area contributed by atoms with Crippen molar-refractivity contribution < 1.29 is 4.74 Å². The van der Waals surface area contributed by atoms with Gasteiger partial charge in [-0.15, -0.1) is 0 Å². The lowest BCUT2D eigenvalue weighted by atomic mass is 10.3. The van der Waals surface area contributed by atoms with Gasteiger partial charge in [0.15, 0.2) is 0 Å². The first-order chi connectivity index (χ1) is 6.86.